The number of methoxy groups -OCH3 is 1. The zero-order chi connectivity index (χ0) is 35.8. The van der Waals surface area contributed by atoms with Gasteiger partial charge in [-0.3, -0.25) is 19.2 Å². The van der Waals surface area contributed by atoms with Gasteiger partial charge in [-0.2, -0.15) is 0 Å². The molecule has 0 aromatic carbocycles. The van der Waals surface area contributed by atoms with Crippen molar-refractivity contribution in [3.05, 3.63) is 11.6 Å². The molecule has 7 atom stereocenters. The summed E-state index contributed by atoms with van der Waals surface area (Å²) in [5, 5.41) is 11.2. The van der Waals surface area contributed by atoms with E-state index in [1.807, 2.05) is 13.8 Å². The first kappa shape index (κ1) is 38.9. The van der Waals surface area contributed by atoms with E-state index in [1.165, 1.54) is 5.57 Å². The normalized spacial score (nSPS) is 32.5. The molecule has 49 heavy (non-hydrogen) atoms. The molecule has 276 valence electrons. The van der Waals surface area contributed by atoms with Crippen LogP contribution in [0.4, 0.5) is 0 Å². The highest BCUT2D eigenvalue weighted by molar-refractivity contribution is 5.88. The molecule has 4 unspecified atom stereocenters. The van der Waals surface area contributed by atoms with Crippen LogP contribution in [0.5, 0.6) is 0 Å². The largest absolute Gasteiger partial charge is 0.460 e. The Morgan fingerprint density at radius 2 is 1.73 bits per heavy atom. The Hall–Kier alpha value is -2.87. The summed E-state index contributed by atoms with van der Waals surface area (Å²) in [6, 6.07) is -0.530. The molecule has 0 bridgehead atoms. The maximum atomic E-state index is 13.2. The SMILES string of the molecule is COC1C(OC(=O)CC2CCC(NC(=O)CCN[C@H](C(=O)NCC(=O)NCC=O)C(C)C)CC2)CC[C@]2(CO2)C1C1(C)O[C@@H]1CC=C(C)C. The molecule has 13 nitrogen and oxygen atoms in total. The molecule has 0 radical (unpaired) electrons. The van der Waals surface area contributed by atoms with Crippen LogP contribution in [0.1, 0.15) is 92.4 Å². The quantitative estimate of drug-likeness (QED) is 0.0721. The first-order chi connectivity index (χ1) is 23.3. The van der Waals surface area contributed by atoms with Gasteiger partial charge < -0.3 is 45.0 Å². The van der Waals surface area contributed by atoms with Crippen molar-refractivity contribution >= 4 is 30.0 Å². The van der Waals surface area contributed by atoms with Gasteiger partial charge in [-0.15, -0.1) is 0 Å². The van der Waals surface area contributed by atoms with Crippen LogP contribution in [0.2, 0.25) is 0 Å². The van der Waals surface area contributed by atoms with Gasteiger partial charge in [0.25, 0.3) is 0 Å². The Kier molecular flexibility index (Phi) is 13.8. The monoisotopic (exact) mass is 690 g/mol. The van der Waals surface area contributed by atoms with Gasteiger partial charge in [0, 0.05) is 32.5 Å². The number of nitrogens with one attached hydrogen (secondary N) is 4. The molecule has 13 heteroatoms. The molecule has 2 saturated heterocycles. The molecule has 2 saturated carbocycles. The summed E-state index contributed by atoms with van der Waals surface area (Å²) in [7, 11) is 1.68. The van der Waals surface area contributed by atoms with E-state index in [2.05, 4.69) is 48.1 Å². The van der Waals surface area contributed by atoms with E-state index in [4.69, 9.17) is 18.9 Å². The van der Waals surface area contributed by atoms with E-state index in [-0.39, 0.29) is 90.6 Å². The lowest BCUT2D eigenvalue weighted by Crippen LogP contribution is -2.55. The van der Waals surface area contributed by atoms with Crippen molar-refractivity contribution in [2.24, 2.45) is 17.8 Å². The minimum Gasteiger partial charge on any atom is -0.460 e. The number of ether oxygens (including phenoxy) is 4. The van der Waals surface area contributed by atoms with Crippen molar-refractivity contribution in [2.75, 3.05) is 33.4 Å². The van der Waals surface area contributed by atoms with Crippen molar-refractivity contribution in [3.8, 4) is 0 Å². The molecule has 2 aliphatic carbocycles. The molecular formula is C36H58N4O9. The fourth-order valence-electron chi connectivity index (χ4n) is 7.80. The third kappa shape index (κ3) is 10.6. The summed E-state index contributed by atoms with van der Waals surface area (Å²) < 4.78 is 24.4. The van der Waals surface area contributed by atoms with Crippen LogP contribution in [0.3, 0.4) is 0 Å². The van der Waals surface area contributed by atoms with E-state index in [1.54, 1.807) is 7.11 Å². The van der Waals surface area contributed by atoms with Gasteiger partial charge in [-0.05, 0) is 77.6 Å². The summed E-state index contributed by atoms with van der Waals surface area (Å²) in [4.78, 5) is 60.5. The smallest absolute Gasteiger partial charge is 0.306 e. The van der Waals surface area contributed by atoms with E-state index in [9.17, 15) is 24.0 Å². The average Bonchev–Trinajstić information content (AvgIpc) is 3.97. The van der Waals surface area contributed by atoms with E-state index in [0.717, 1.165) is 38.5 Å². The standard InChI is InChI=1S/C36H58N4O9/c1-22(2)7-12-27-35(5,49-27)33-32(46-6)26(13-15-36(33)21-47-36)48-30(44)19-24-8-10-25(11-9-24)40-28(42)14-16-38-31(23(3)4)34(45)39-20-29(43)37-17-18-41/h7,18,23-27,31-33,38H,8-17,19-21H2,1-6H3,(H,37,43)(H,39,45)(H,40,42)/t24?,25?,26?,27-,31+,32?,33?,35?,36+/m1/s1. The molecule has 1 spiro atoms. The number of hydrogen-bond acceptors (Lipinski definition) is 10. The third-order valence-electron chi connectivity index (χ3n) is 10.7. The number of amides is 3. The molecule has 3 amide bonds. The first-order valence-corrected chi connectivity index (χ1v) is 18.0. The van der Waals surface area contributed by atoms with E-state index < -0.39 is 11.9 Å². The van der Waals surface area contributed by atoms with Gasteiger partial charge in [0.05, 0.1) is 37.8 Å². The number of esters is 1. The Morgan fingerprint density at radius 3 is 2.35 bits per heavy atom. The van der Waals surface area contributed by atoms with Crippen LogP contribution in [-0.2, 0) is 42.9 Å². The number of rotatable bonds is 18. The van der Waals surface area contributed by atoms with Crippen molar-refractivity contribution in [2.45, 2.75) is 134 Å². The second kappa shape index (κ2) is 17.4. The van der Waals surface area contributed by atoms with Crippen LogP contribution < -0.4 is 21.3 Å². The predicted octanol–water partition coefficient (Wildman–Crippen LogP) is 2.11. The topological polar surface area (TPSA) is 177 Å². The van der Waals surface area contributed by atoms with Crippen molar-refractivity contribution in [3.63, 3.8) is 0 Å². The zero-order valence-corrected chi connectivity index (χ0v) is 30.1. The van der Waals surface area contributed by atoms with Crippen LogP contribution >= 0.6 is 0 Å². The molecule has 4 fully saturated rings. The molecule has 2 aliphatic heterocycles. The number of allylic oxidation sites excluding steroid dienone is 1. The van der Waals surface area contributed by atoms with Gasteiger partial charge in [0.1, 0.15) is 29.7 Å². The molecule has 4 rings (SSSR count). The van der Waals surface area contributed by atoms with Crippen LogP contribution in [0.15, 0.2) is 11.6 Å². The molecule has 4 aliphatic rings. The summed E-state index contributed by atoms with van der Waals surface area (Å²) >= 11 is 0. The van der Waals surface area contributed by atoms with Gasteiger partial charge >= 0.3 is 5.97 Å². The minimum atomic E-state index is -0.571. The zero-order valence-electron chi connectivity index (χ0n) is 30.1. The summed E-state index contributed by atoms with van der Waals surface area (Å²) in [6.07, 6.45) is 8.36. The van der Waals surface area contributed by atoms with E-state index >= 15 is 0 Å². The average molecular weight is 691 g/mol. The molecule has 2 heterocycles. The van der Waals surface area contributed by atoms with Crippen molar-refractivity contribution < 1.29 is 42.9 Å². The predicted molar refractivity (Wildman–Crippen MR) is 181 cm³/mol. The summed E-state index contributed by atoms with van der Waals surface area (Å²) in [5.74, 6) is -0.969. The number of carbonyl (C=O) groups excluding carboxylic acids is 5. The highest BCUT2D eigenvalue weighted by Gasteiger charge is 2.72. The van der Waals surface area contributed by atoms with Gasteiger partial charge in [-0.25, -0.2) is 0 Å². The fourth-order valence-corrected chi connectivity index (χ4v) is 7.80. The lowest BCUT2D eigenvalue weighted by Gasteiger charge is -2.42. The third-order valence-corrected chi connectivity index (χ3v) is 10.7. The van der Waals surface area contributed by atoms with Gasteiger partial charge in [0.2, 0.25) is 17.7 Å². The molecular weight excluding hydrogens is 632 g/mol. The number of hydrogen-bond donors (Lipinski definition) is 4. The van der Waals surface area contributed by atoms with Gasteiger partial charge in [-0.1, -0.05) is 25.5 Å². The highest BCUT2D eigenvalue weighted by atomic mass is 16.6. The second-order valence-electron chi connectivity index (χ2n) is 15.0. The molecule has 4 N–H and O–H groups in total. The van der Waals surface area contributed by atoms with Crippen LogP contribution in [-0.4, -0.2) is 105 Å². The van der Waals surface area contributed by atoms with Crippen LogP contribution in [0, 0.1) is 17.8 Å². The summed E-state index contributed by atoms with van der Waals surface area (Å²) in [6.45, 7) is 10.7. The molecule has 0 aromatic heterocycles. The van der Waals surface area contributed by atoms with E-state index in [0.29, 0.717) is 32.3 Å². The van der Waals surface area contributed by atoms with Crippen molar-refractivity contribution in [1.82, 2.24) is 21.3 Å². The second-order valence-corrected chi connectivity index (χ2v) is 15.0. The van der Waals surface area contributed by atoms with Crippen LogP contribution in [0.25, 0.3) is 0 Å². The Morgan fingerprint density at radius 1 is 1.02 bits per heavy atom. The Balaban J connectivity index is 1.16. The lowest BCUT2D eigenvalue weighted by atomic mass is 9.68. The Labute approximate surface area is 290 Å². The maximum absolute atomic E-state index is 13.2. The fraction of sp³-hybridized carbons (Fsp3) is 0.806. The summed E-state index contributed by atoms with van der Waals surface area (Å²) in [5.41, 5.74) is 0.617. The first-order valence-electron chi connectivity index (χ1n) is 18.0. The highest BCUT2D eigenvalue weighted by Crippen LogP contribution is 2.59. The Bertz CT molecular complexity index is 1210. The van der Waals surface area contributed by atoms with Gasteiger partial charge in [0.15, 0.2) is 0 Å². The number of epoxide rings is 2. The molecule has 0 aromatic rings. The van der Waals surface area contributed by atoms with Crippen molar-refractivity contribution in [1.29, 1.82) is 0 Å². The number of carbonyl (C=O) groups is 5. The minimum absolute atomic E-state index is 0.0112. The maximum Gasteiger partial charge on any atom is 0.306 e. The number of aldehydes is 1. The lowest BCUT2D eigenvalue weighted by molar-refractivity contribution is -0.173.